The minimum Gasteiger partial charge on any atom is -0.793 e. The van der Waals surface area contributed by atoms with Crippen LogP contribution in [-0.4, -0.2) is 24.7 Å². The van der Waals surface area contributed by atoms with Crippen molar-refractivity contribution >= 4 is 57.8 Å². The molecule has 0 heterocycles. The Labute approximate surface area is 300 Å². The van der Waals surface area contributed by atoms with Crippen LogP contribution in [0, 0.1) is 0 Å². The van der Waals surface area contributed by atoms with Gasteiger partial charge >= 0.3 is 19.5 Å². The summed E-state index contributed by atoms with van der Waals surface area (Å²) in [6, 6.07) is 0. The molecular formula is C32H68O4P2S4Zn. The van der Waals surface area contributed by atoms with E-state index in [1.807, 2.05) is 0 Å². The molecule has 43 heavy (non-hydrogen) atoms. The molecule has 0 aliphatic heterocycles. The van der Waals surface area contributed by atoms with Crippen molar-refractivity contribution in [1.29, 1.82) is 0 Å². The predicted molar refractivity (Wildman–Crippen MR) is 199 cm³/mol. The molecule has 0 rings (SSSR count). The van der Waals surface area contributed by atoms with Crippen LogP contribution < -0.4 is 9.79 Å². The zero-order valence-electron chi connectivity index (χ0n) is 28.7. The molecule has 0 aliphatic carbocycles. The average molecular weight is 772 g/mol. The molecule has 0 aliphatic rings. The van der Waals surface area contributed by atoms with Gasteiger partial charge in [-0.05, 0) is 37.2 Å². The van der Waals surface area contributed by atoms with E-state index in [4.69, 9.17) is 32.7 Å². The monoisotopic (exact) mass is 770 g/mol. The Balaban J connectivity index is -0.000000727. The fourth-order valence-corrected chi connectivity index (χ4v) is 11.1. The Morgan fingerprint density at radius 2 is 0.651 bits per heavy atom. The minimum absolute atomic E-state index is 0. The first kappa shape index (κ1) is 49.8. The fraction of sp³-hybridized carbons (Fsp3) is 1.00. The molecule has 0 aromatic heterocycles. The second kappa shape index (κ2) is 38.9. The van der Waals surface area contributed by atoms with Gasteiger partial charge in [-0.15, -0.1) is 22.8 Å². The summed E-state index contributed by atoms with van der Waals surface area (Å²) in [5, 5.41) is 0. The van der Waals surface area contributed by atoms with Crippen LogP contribution in [0.5, 0.6) is 0 Å². The third-order valence-electron chi connectivity index (χ3n) is 6.99. The summed E-state index contributed by atoms with van der Waals surface area (Å²) in [5.74, 6) is 1.76. The molecule has 0 amide bonds. The third-order valence-corrected chi connectivity index (χ3v) is 15.7. The third kappa shape index (κ3) is 44.5. The molecule has 2 atom stereocenters. The largest absolute Gasteiger partial charge is 2.00 e. The molecule has 0 aromatic rings. The van der Waals surface area contributed by atoms with Gasteiger partial charge < -0.3 is 18.8 Å². The van der Waals surface area contributed by atoms with Gasteiger partial charge in [0.1, 0.15) is 0 Å². The van der Waals surface area contributed by atoms with E-state index < -0.39 is 11.4 Å². The summed E-state index contributed by atoms with van der Waals surface area (Å²) in [5.41, 5.74) is -5.63. The molecular weight excluding hydrogens is 704 g/mol. The van der Waals surface area contributed by atoms with Gasteiger partial charge in [-0.25, -0.2) is 0 Å². The first-order valence-electron chi connectivity index (χ1n) is 17.4. The van der Waals surface area contributed by atoms with Crippen molar-refractivity contribution in [1.82, 2.24) is 0 Å². The van der Waals surface area contributed by atoms with Gasteiger partial charge in [0.15, 0.2) is 0 Å². The van der Waals surface area contributed by atoms with Gasteiger partial charge in [-0.3, -0.25) is 0 Å². The molecule has 0 spiro atoms. The van der Waals surface area contributed by atoms with Crippen molar-refractivity contribution < 1.29 is 38.3 Å². The molecule has 2 unspecified atom stereocenters. The second-order valence-corrected chi connectivity index (χ2v) is 23.6. The predicted octanol–water partition coefficient (Wildman–Crippen LogP) is 12.1. The first-order valence-corrected chi connectivity index (χ1v) is 25.9. The molecule has 0 radical (unpaired) electrons. The SMILES string of the molecule is CCCCCCCCOP([O-])(=S)SCCCCCCCC.CCCCCCCCOP([O-])(=S)SCCCCCCCC.[Zn+2]. The number of hydrogen-bond acceptors (Lipinski definition) is 8. The van der Waals surface area contributed by atoms with E-state index in [1.54, 1.807) is 0 Å². The van der Waals surface area contributed by atoms with Crippen molar-refractivity contribution in [3.8, 4) is 0 Å². The molecule has 0 aromatic carbocycles. The molecule has 0 bridgehead atoms. The molecule has 0 fully saturated rings. The smallest absolute Gasteiger partial charge is 0.793 e. The summed E-state index contributed by atoms with van der Waals surface area (Å²) < 4.78 is 10.8. The van der Waals surface area contributed by atoms with Gasteiger partial charge in [0.05, 0.1) is 13.2 Å². The van der Waals surface area contributed by atoms with E-state index in [2.05, 4.69) is 27.7 Å². The Hall–Kier alpha value is 2.46. The summed E-state index contributed by atoms with van der Waals surface area (Å²) in [7, 11) is 0. The van der Waals surface area contributed by atoms with Crippen LogP contribution in [0.15, 0.2) is 0 Å². The maximum absolute atomic E-state index is 12.0. The van der Waals surface area contributed by atoms with E-state index in [-0.39, 0.29) is 19.5 Å². The Morgan fingerprint density at radius 3 is 0.930 bits per heavy atom. The van der Waals surface area contributed by atoms with Crippen molar-refractivity contribution in [2.75, 3.05) is 24.7 Å². The molecule has 4 nitrogen and oxygen atoms in total. The topological polar surface area (TPSA) is 64.6 Å². The van der Waals surface area contributed by atoms with Crippen LogP contribution in [-0.2, 0) is 52.1 Å². The zero-order valence-corrected chi connectivity index (χ0v) is 36.7. The number of rotatable bonds is 32. The van der Waals surface area contributed by atoms with Crippen molar-refractivity contribution in [3.63, 3.8) is 0 Å². The van der Waals surface area contributed by atoms with Gasteiger partial charge in [-0.2, -0.15) is 0 Å². The molecule has 256 valence electrons. The van der Waals surface area contributed by atoms with Crippen LogP contribution in [0.3, 0.4) is 0 Å². The van der Waals surface area contributed by atoms with Crippen molar-refractivity contribution in [3.05, 3.63) is 0 Å². The Morgan fingerprint density at radius 1 is 0.419 bits per heavy atom. The number of unbranched alkanes of at least 4 members (excludes halogenated alkanes) is 20. The van der Waals surface area contributed by atoms with E-state index in [9.17, 15) is 9.79 Å². The van der Waals surface area contributed by atoms with Crippen LogP contribution >= 0.6 is 34.2 Å². The van der Waals surface area contributed by atoms with Gasteiger partial charge in [0.2, 0.25) is 0 Å². The van der Waals surface area contributed by atoms with Crippen molar-refractivity contribution in [2.24, 2.45) is 0 Å². The molecule has 0 saturated carbocycles. The quantitative estimate of drug-likeness (QED) is 0.0381. The normalized spacial score (nSPS) is 13.9. The molecule has 0 saturated heterocycles. The van der Waals surface area contributed by atoms with Gasteiger partial charge in [0, 0.05) is 11.4 Å². The van der Waals surface area contributed by atoms with Crippen LogP contribution in [0.2, 0.25) is 0 Å². The Kier molecular flexibility index (Phi) is 45.1. The summed E-state index contributed by atoms with van der Waals surface area (Å²) >= 11 is 12.9. The van der Waals surface area contributed by atoms with E-state index in [0.29, 0.717) is 13.2 Å². The minimum atomic E-state index is -2.82. The Bertz CT molecular complexity index is 540. The molecule has 0 N–H and O–H groups in total. The average Bonchev–Trinajstić information content (AvgIpc) is 2.95. The summed E-state index contributed by atoms with van der Waals surface area (Å²) in [6.07, 6.45) is 29.7. The van der Waals surface area contributed by atoms with Crippen LogP contribution in [0.25, 0.3) is 0 Å². The fourth-order valence-electron chi connectivity index (χ4n) is 4.31. The maximum atomic E-state index is 12.0. The van der Waals surface area contributed by atoms with Gasteiger partial charge in [0.25, 0.3) is 0 Å². The van der Waals surface area contributed by atoms with E-state index in [0.717, 1.165) is 50.0 Å². The summed E-state index contributed by atoms with van der Waals surface area (Å²) in [6.45, 7) is 10.0. The number of hydrogen-bond donors (Lipinski definition) is 0. The molecule has 11 heteroatoms. The maximum Gasteiger partial charge on any atom is 2.00 e. The van der Waals surface area contributed by atoms with Gasteiger partial charge in [-0.1, -0.05) is 180 Å². The van der Waals surface area contributed by atoms with E-state index >= 15 is 0 Å². The van der Waals surface area contributed by atoms with Crippen molar-refractivity contribution in [2.45, 2.75) is 182 Å². The van der Waals surface area contributed by atoms with Crippen LogP contribution in [0.1, 0.15) is 182 Å². The first-order chi connectivity index (χ1) is 20.2. The van der Waals surface area contributed by atoms with E-state index in [1.165, 1.54) is 138 Å². The van der Waals surface area contributed by atoms with Crippen LogP contribution in [0.4, 0.5) is 0 Å². The second-order valence-electron chi connectivity index (χ2n) is 11.3. The zero-order chi connectivity index (χ0) is 31.6. The standard InChI is InChI=1S/2C16H35O2PS2.Zn/c2*1-3-5-7-9-11-13-15-18-19(17,20)21-16-14-12-10-8-6-4-2;/h2*3-16H2,1-2H3,(H,17,20);/q;;+2/p-2. The summed E-state index contributed by atoms with van der Waals surface area (Å²) in [4.78, 5) is 24.1.